The van der Waals surface area contributed by atoms with E-state index in [1.807, 2.05) is 49.4 Å². The molecule has 0 spiro atoms. The first kappa shape index (κ1) is 18.1. The smallest absolute Gasteiger partial charge is 0.266 e. The van der Waals surface area contributed by atoms with Gasteiger partial charge in [-0.05, 0) is 55.0 Å². The van der Waals surface area contributed by atoms with Crippen LogP contribution in [0.2, 0.25) is 5.02 Å². The van der Waals surface area contributed by atoms with Crippen LogP contribution in [0, 0.1) is 12.7 Å². The zero-order chi connectivity index (χ0) is 19.7. The van der Waals surface area contributed by atoms with E-state index in [1.165, 1.54) is 12.1 Å². The van der Waals surface area contributed by atoms with Gasteiger partial charge in [0.15, 0.2) is 0 Å². The van der Waals surface area contributed by atoms with Crippen molar-refractivity contribution in [1.82, 2.24) is 0 Å². The average molecular weight is 391 g/mol. The number of amides is 1. The van der Waals surface area contributed by atoms with Gasteiger partial charge in [0.05, 0.1) is 10.7 Å². The van der Waals surface area contributed by atoms with Crippen LogP contribution in [0.15, 0.2) is 83.5 Å². The predicted octanol–water partition coefficient (Wildman–Crippen LogP) is 5.62. The number of carbonyl (C=O) groups is 1. The maximum atomic E-state index is 13.2. The zero-order valence-electron chi connectivity index (χ0n) is 15.1. The molecule has 0 atom stereocenters. The molecule has 0 radical (unpaired) electrons. The molecule has 3 aromatic carbocycles. The molecule has 1 aliphatic rings. The van der Waals surface area contributed by atoms with Crippen LogP contribution in [0.1, 0.15) is 16.7 Å². The van der Waals surface area contributed by atoms with E-state index in [-0.39, 0.29) is 17.4 Å². The van der Waals surface area contributed by atoms with Crippen LogP contribution in [0.3, 0.4) is 0 Å². The minimum Gasteiger partial charge on any atom is -0.266 e. The van der Waals surface area contributed by atoms with E-state index in [1.54, 1.807) is 29.2 Å². The first-order valence-corrected chi connectivity index (χ1v) is 9.13. The Labute approximate surface area is 167 Å². The average Bonchev–Trinajstić information content (AvgIpc) is 3.01. The number of amidine groups is 1. The Bertz CT molecular complexity index is 1100. The van der Waals surface area contributed by atoms with Crippen LogP contribution >= 0.6 is 11.6 Å². The van der Waals surface area contributed by atoms with Gasteiger partial charge in [0.2, 0.25) is 0 Å². The molecule has 0 fully saturated rings. The normalized spacial score (nSPS) is 15.2. The Morgan fingerprint density at radius 1 is 0.964 bits per heavy atom. The monoisotopic (exact) mass is 390 g/mol. The number of aryl methyl sites for hydroxylation is 1. The van der Waals surface area contributed by atoms with Gasteiger partial charge >= 0.3 is 0 Å². The fraction of sp³-hybridized carbons (Fsp3) is 0.0435. The lowest BCUT2D eigenvalue weighted by molar-refractivity contribution is -0.113. The summed E-state index contributed by atoms with van der Waals surface area (Å²) in [4.78, 5) is 19.3. The summed E-state index contributed by atoms with van der Waals surface area (Å²) in [5, 5.41) is 0.509. The van der Waals surface area contributed by atoms with E-state index >= 15 is 0 Å². The van der Waals surface area contributed by atoms with Gasteiger partial charge in [-0.3, -0.25) is 9.69 Å². The van der Waals surface area contributed by atoms with E-state index in [4.69, 9.17) is 11.6 Å². The minimum atomic E-state index is -0.332. The van der Waals surface area contributed by atoms with E-state index in [0.717, 1.165) is 5.56 Å². The van der Waals surface area contributed by atoms with Crippen LogP contribution in [-0.4, -0.2) is 11.7 Å². The van der Waals surface area contributed by atoms with Crippen LogP contribution in [0.5, 0.6) is 0 Å². The molecule has 0 N–H and O–H groups in total. The number of rotatable bonds is 3. The number of benzene rings is 3. The van der Waals surface area contributed by atoms with Gasteiger partial charge in [-0.15, -0.1) is 0 Å². The van der Waals surface area contributed by atoms with Crippen LogP contribution in [0.4, 0.5) is 10.1 Å². The number of carbonyl (C=O) groups excluding carboxylic acids is 1. The van der Waals surface area contributed by atoms with Crippen molar-refractivity contribution in [2.75, 3.05) is 4.90 Å². The molecule has 4 rings (SSSR count). The zero-order valence-corrected chi connectivity index (χ0v) is 15.8. The van der Waals surface area contributed by atoms with Crippen molar-refractivity contribution >= 4 is 35.1 Å². The lowest BCUT2D eigenvalue weighted by Gasteiger charge is -2.19. The summed E-state index contributed by atoms with van der Waals surface area (Å²) in [7, 11) is 0. The highest BCUT2D eigenvalue weighted by Crippen LogP contribution is 2.30. The highest BCUT2D eigenvalue weighted by atomic mass is 35.5. The van der Waals surface area contributed by atoms with Gasteiger partial charge in [-0.25, -0.2) is 9.38 Å². The molecule has 1 heterocycles. The molecule has 0 saturated heterocycles. The molecule has 0 aromatic heterocycles. The molecule has 0 aliphatic carbocycles. The van der Waals surface area contributed by atoms with Crippen molar-refractivity contribution in [1.29, 1.82) is 0 Å². The third-order valence-corrected chi connectivity index (χ3v) is 4.77. The SMILES string of the molecule is Cc1ccc(N2C(=O)/C(=C\c3ccc(F)cc3)N=C2c2ccccc2Cl)cc1. The quantitative estimate of drug-likeness (QED) is 0.534. The first-order chi connectivity index (χ1) is 13.5. The minimum absolute atomic E-state index is 0.261. The number of aliphatic imine (C=N–C) groups is 1. The molecular weight excluding hydrogens is 375 g/mol. The molecule has 0 bridgehead atoms. The largest absolute Gasteiger partial charge is 0.282 e. The summed E-state index contributed by atoms with van der Waals surface area (Å²) in [6, 6.07) is 20.8. The van der Waals surface area contributed by atoms with E-state index in [2.05, 4.69) is 4.99 Å². The molecule has 3 aromatic rings. The Balaban J connectivity index is 1.84. The van der Waals surface area contributed by atoms with Gasteiger partial charge in [-0.2, -0.15) is 0 Å². The number of hydrogen-bond acceptors (Lipinski definition) is 2. The Hall–Kier alpha value is -3.24. The number of anilines is 1. The van der Waals surface area contributed by atoms with Crippen LogP contribution in [0.25, 0.3) is 6.08 Å². The number of nitrogens with zero attached hydrogens (tertiary/aromatic N) is 2. The second-order valence-electron chi connectivity index (χ2n) is 6.47. The van der Waals surface area contributed by atoms with E-state index in [9.17, 15) is 9.18 Å². The molecule has 138 valence electrons. The standard InChI is InChI=1S/C23H16ClFN2O/c1-15-6-12-18(13-7-15)27-22(19-4-2-3-5-20(19)24)26-21(23(27)28)14-16-8-10-17(25)11-9-16/h2-14H,1H3/b21-14+. The molecule has 1 aliphatic heterocycles. The second kappa shape index (κ2) is 7.41. The second-order valence-corrected chi connectivity index (χ2v) is 6.88. The maximum Gasteiger partial charge on any atom is 0.282 e. The molecule has 3 nitrogen and oxygen atoms in total. The number of hydrogen-bond donors (Lipinski definition) is 0. The Kier molecular flexibility index (Phi) is 4.80. The van der Waals surface area contributed by atoms with Crippen LogP contribution in [-0.2, 0) is 4.79 Å². The topological polar surface area (TPSA) is 32.7 Å². The van der Waals surface area contributed by atoms with E-state index in [0.29, 0.717) is 27.7 Å². The molecule has 0 saturated carbocycles. The third kappa shape index (κ3) is 3.47. The van der Waals surface area contributed by atoms with Gasteiger partial charge in [0.1, 0.15) is 17.3 Å². The molecule has 0 unspecified atom stereocenters. The lowest BCUT2D eigenvalue weighted by Crippen LogP contribution is -2.32. The molecular formula is C23H16ClFN2O. The predicted molar refractivity (Wildman–Crippen MR) is 111 cm³/mol. The maximum absolute atomic E-state index is 13.2. The first-order valence-electron chi connectivity index (χ1n) is 8.75. The summed E-state index contributed by atoms with van der Waals surface area (Å²) < 4.78 is 13.2. The van der Waals surface area contributed by atoms with E-state index < -0.39 is 0 Å². The van der Waals surface area contributed by atoms with Gasteiger partial charge in [0.25, 0.3) is 5.91 Å². The molecule has 5 heteroatoms. The van der Waals surface area contributed by atoms with Gasteiger partial charge in [0, 0.05) is 5.56 Å². The Morgan fingerprint density at radius 3 is 2.32 bits per heavy atom. The van der Waals surface area contributed by atoms with Gasteiger partial charge in [-0.1, -0.05) is 53.6 Å². The van der Waals surface area contributed by atoms with Crippen molar-refractivity contribution in [2.24, 2.45) is 4.99 Å². The van der Waals surface area contributed by atoms with Crippen molar-refractivity contribution in [3.05, 3.63) is 106 Å². The fourth-order valence-electron chi connectivity index (χ4n) is 2.99. The van der Waals surface area contributed by atoms with Crippen molar-refractivity contribution in [3.63, 3.8) is 0 Å². The summed E-state index contributed by atoms with van der Waals surface area (Å²) in [6.45, 7) is 1.98. The molecule has 28 heavy (non-hydrogen) atoms. The molecule has 1 amide bonds. The summed E-state index contributed by atoms with van der Waals surface area (Å²) >= 11 is 6.38. The van der Waals surface area contributed by atoms with Crippen molar-refractivity contribution < 1.29 is 9.18 Å². The highest BCUT2D eigenvalue weighted by molar-refractivity contribution is 6.39. The van der Waals surface area contributed by atoms with Crippen molar-refractivity contribution in [3.8, 4) is 0 Å². The van der Waals surface area contributed by atoms with Crippen LogP contribution < -0.4 is 4.90 Å². The summed E-state index contributed by atoms with van der Waals surface area (Å²) in [5.74, 6) is -0.127. The Morgan fingerprint density at radius 2 is 1.64 bits per heavy atom. The van der Waals surface area contributed by atoms with Gasteiger partial charge < -0.3 is 0 Å². The van der Waals surface area contributed by atoms with Crippen molar-refractivity contribution in [2.45, 2.75) is 6.92 Å². The highest BCUT2D eigenvalue weighted by Gasteiger charge is 2.33. The number of halogens is 2. The summed E-state index contributed by atoms with van der Waals surface area (Å²) in [6.07, 6.45) is 1.65. The third-order valence-electron chi connectivity index (χ3n) is 4.44. The lowest BCUT2D eigenvalue weighted by atomic mass is 10.1. The fourth-order valence-corrected chi connectivity index (χ4v) is 3.21. The summed E-state index contributed by atoms with van der Waals surface area (Å²) in [5.41, 5.74) is 3.42.